The van der Waals surface area contributed by atoms with E-state index in [1.54, 1.807) is 6.07 Å². The van der Waals surface area contributed by atoms with E-state index in [0.717, 1.165) is 132 Å². The van der Waals surface area contributed by atoms with Gasteiger partial charge in [-0.3, -0.25) is 0 Å². The molecule has 7 aliphatic rings. The van der Waals surface area contributed by atoms with Crippen molar-refractivity contribution in [3.05, 3.63) is 260 Å². The summed E-state index contributed by atoms with van der Waals surface area (Å²) in [5.74, 6) is -11.9. The lowest BCUT2D eigenvalue weighted by atomic mass is 9.68. The fraction of sp³-hybridized carbons (Fsp3) is 0.546. The van der Waals surface area contributed by atoms with Crippen LogP contribution in [0.1, 0.15) is 345 Å². The first-order valence-electron chi connectivity index (χ1n) is 52.3. The molecule has 9 aromatic carbocycles. The standard InChI is InChI=1S/C28H18F8O.C27H32F4.C22H31F3O.C21H27F5O2.C21H34O/c1-2-3-15-4-6-16(7-5-15)17-8-9-20(21(29)10-17)18-11-22(30)26(23(31)12-18)28(35,36)37-19-13-24(32)27(34)25(33)14-19;1-2-3-17-4-6-18(7-5-17)19-8-10-20(11-9-19)21-12-13-23(24(28)14-21)22-15-25(29)27(31)26(30)16-22;1-2-3-16-4-6-17(7-5-16)18-8-10-19(11-9-18)20-12-14-21(15-13-20)26-22(23,24)25;1-2-3-13-4-6-14(7-5-13)15-8-9-19(27-12-15)21(25,26)28-16-10-17(22)20(24)18(23)11-16;1-14-8-10-15(11-9-14)16-12-17(20(2,3)4)19(22)18(13-16)21(5,6)7/h4-14H,2-3H2,1H3;12-20H,2-11H2,1H3;12-19H,2-11H2,1H3;10-11,13-15,19H,2-9,12H2,1H3;12-15,22H,8-11H2,1-7H3. The van der Waals surface area contributed by atoms with Crippen LogP contribution in [-0.2, 0) is 28.1 Å². The smallest absolute Gasteiger partial charge is 0.507 e. The van der Waals surface area contributed by atoms with Crippen LogP contribution in [0, 0.1) is 135 Å². The van der Waals surface area contributed by atoms with Crippen molar-refractivity contribution >= 4 is 0 Å². The normalized spacial score (nSPS) is 23.4. The van der Waals surface area contributed by atoms with Gasteiger partial charge in [0.15, 0.2) is 58.5 Å². The van der Waals surface area contributed by atoms with Gasteiger partial charge in [-0.05, 0) is 314 Å². The molecule has 144 heavy (non-hydrogen) atoms. The molecule has 25 heteroatoms. The minimum absolute atomic E-state index is 0.0165. The van der Waals surface area contributed by atoms with Gasteiger partial charge in [0.2, 0.25) is 0 Å². The molecule has 1 aliphatic heterocycles. The lowest BCUT2D eigenvalue weighted by Crippen LogP contribution is -2.45. The van der Waals surface area contributed by atoms with Gasteiger partial charge in [-0.1, -0.05) is 245 Å². The molecule has 16 rings (SSSR count). The molecule has 5 nitrogen and oxygen atoms in total. The number of phenols is 1. The summed E-state index contributed by atoms with van der Waals surface area (Å²) in [6.45, 7) is 24.6. The van der Waals surface area contributed by atoms with Crippen LogP contribution in [0.4, 0.5) is 87.8 Å². The molecule has 6 aliphatic carbocycles. The number of alkyl halides is 7. The number of phenolic OH excluding ortho intramolecular Hbond substituents is 1. The minimum Gasteiger partial charge on any atom is -0.507 e. The maximum absolute atomic E-state index is 14.9. The number of hydrogen-bond donors (Lipinski definition) is 1. The first-order chi connectivity index (χ1) is 68.2. The molecule has 6 saturated carbocycles. The monoisotopic (exact) mass is 2030 g/mol. The average Bonchev–Trinajstić information content (AvgIpc) is 0.770. The Bertz CT molecular complexity index is 5470. The Balaban J connectivity index is 0.000000162. The van der Waals surface area contributed by atoms with E-state index in [9.17, 15) is 92.9 Å². The molecule has 0 amide bonds. The Morgan fingerprint density at radius 1 is 0.312 bits per heavy atom. The Morgan fingerprint density at radius 3 is 1.05 bits per heavy atom. The van der Waals surface area contributed by atoms with Crippen LogP contribution in [0.25, 0.3) is 33.4 Å². The number of hydrogen-bond acceptors (Lipinski definition) is 5. The van der Waals surface area contributed by atoms with Gasteiger partial charge >= 0.3 is 18.6 Å². The van der Waals surface area contributed by atoms with Crippen LogP contribution in [0.5, 0.6) is 23.0 Å². The zero-order chi connectivity index (χ0) is 104. The minimum atomic E-state index is -4.74. The van der Waals surface area contributed by atoms with Crippen LogP contribution < -0.4 is 14.2 Å². The van der Waals surface area contributed by atoms with E-state index in [2.05, 4.69) is 95.6 Å². The Kier molecular flexibility index (Phi) is 39.9. The predicted octanol–water partition coefficient (Wildman–Crippen LogP) is 37.9. The van der Waals surface area contributed by atoms with Crippen molar-refractivity contribution < 1.29 is 112 Å². The highest BCUT2D eigenvalue weighted by atomic mass is 19.4. The molecule has 2 atom stereocenters. The van der Waals surface area contributed by atoms with Gasteiger partial charge in [-0.2, -0.15) is 17.6 Å². The lowest BCUT2D eigenvalue weighted by Gasteiger charge is -2.39. The fourth-order valence-electron chi connectivity index (χ4n) is 23.3. The number of aryl methyl sites for hydroxylation is 1. The molecule has 9 aromatic rings. The zero-order valence-electron chi connectivity index (χ0n) is 84.8. The Morgan fingerprint density at radius 2 is 0.660 bits per heavy atom. The number of ether oxygens (including phenoxy) is 4. The predicted molar refractivity (Wildman–Crippen MR) is 528 cm³/mol. The van der Waals surface area contributed by atoms with E-state index in [4.69, 9.17) is 4.74 Å². The molecule has 1 saturated heterocycles. The largest absolute Gasteiger partial charge is 0.573 e. The van der Waals surface area contributed by atoms with Crippen molar-refractivity contribution in [2.75, 3.05) is 6.61 Å². The van der Waals surface area contributed by atoms with Crippen LogP contribution >= 0.6 is 0 Å². The van der Waals surface area contributed by atoms with Crippen molar-refractivity contribution in [2.45, 2.75) is 348 Å². The van der Waals surface area contributed by atoms with Gasteiger partial charge in [-0.15, -0.1) is 13.2 Å². The fourth-order valence-corrected chi connectivity index (χ4v) is 23.3. The molecule has 0 spiro atoms. The lowest BCUT2D eigenvalue weighted by molar-refractivity contribution is -0.274. The van der Waals surface area contributed by atoms with Gasteiger partial charge in [0.25, 0.3) is 0 Å². The second kappa shape index (κ2) is 50.6. The Labute approximate surface area is 837 Å². The SMILES string of the molecule is CC1CCC(c2cc(C(C)(C)C)c(O)c(C(C)(C)C)c2)CC1.CCCC1CCC(C2CCC(C(F)(F)Oc3cc(F)c(F)c(F)c3)OC2)CC1.CCCC1CCC(C2CCC(c3ccc(-c4cc(F)c(F)c(F)c4)c(F)c3)CC2)CC1.CCCC1CCC(C2CCC(c3ccc(OC(F)(F)F)cc3)CC2)CC1.CCCc1ccc(-c2ccc(-c3cc(F)c(C(F)(F)Oc4cc(F)c(F)c(F)c4)c(F)c3)c(F)c2)cc1. The Hall–Kier alpha value is -9.26. The average molecular weight is 2030 g/mol. The van der Waals surface area contributed by atoms with E-state index in [1.807, 2.05) is 49.4 Å². The first kappa shape index (κ1) is 113. The quantitative estimate of drug-likeness (QED) is 0.0483. The first-order valence-corrected chi connectivity index (χ1v) is 52.3. The highest BCUT2D eigenvalue weighted by Crippen LogP contribution is 2.51. The van der Waals surface area contributed by atoms with Gasteiger partial charge in [-0.25, -0.2) is 57.1 Å². The van der Waals surface area contributed by atoms with E-state index < -0.39 is 117 Å². The van der Waals surface area contributed by atoms with E-state index in [-0.39, 0.29) is 69.9 Å². The molecule has 0 radical (unpaired) electrons. The van der Waals surface area contributed by atoms with Crippen molar-refractivity contribution in [2.24, 2.45) is 59.2 Å². The maximum atomic E-state index is 14.9. The third-order valence-electron chi connectivity index (χ3n) is 31.4. The molecule has 0 bridgehead atoms. The van der Waals surface area contributed by atoms with Crippen LogP contribution in [0.2, 0.25) is 0 Å². The van der Waals surface area contributed by atoms with E-state index in [0.29, 0.717) is 71.2 Å². The molecule has 1 heterocycles. The summed E-state index contributed by atoms with van der Waals surface area (Å²) in [5.41, 5.74) is 5.67. The van der Waals surface area contributed by atoms with Crippen LogP contribution in [0.15, 0.2) is 146 Å². The molecule has 2 unspecified atom stereocenters. The summed E-state index contributed by atoms with van der Waals surface area (Å²) >= 11 is 0. The van der Waals surface area contributed by atoms with E-state index >= 15 is 0 Å². The molecular formula is C119H142F20O5. The number of benzene rings is 9. The molecular weight excluding hydrogens is 1890 g/mol. The second-order valence-electron chi connectivity index (χ2n) is 43.8. The van der Waals surface area contributed by atoms with Crippen LogP contribution in [0.3, 0.4) is 0 Å². The summed E-state index contributed by atoms with van der Waals surface area (Å²) in [6.07, 6.45) is 26.2. The number of aromatic hydroxyl groups is 1. The highest BCUT2D eigenvalue weighted by Gasteiger charge is 2.48. The summed E-state index contributed by atoms with van der Waals surface area (Å²) in [7, 11) is 0. The molecule has 7 fully saturated rings. The number of halogens is 20. The third kappa shape index (κ3) is 30.7. The van der Waals surface area contributed by atoms with Gasteiger partial charge in [0.05, 0.1) is 6.61 Å². The zero-order valence-corrected chi connectivity index (χ0v) is 84.8. The maximum Gasteiger partial charge on any atom is 0.573 e. The summed E-state index contributed by atoms with van der Waals surface area (Å²) in [6, 6.07) is 31.1. The van der Waals surface area contributed by atoms with Crippen molar-refractivity contribution in [3.8, 4) is 56.4 Å². The third-order valence-corrected chi connectivity index (χ3v) is 31.4. The van der Waals surface area contributed by atoms with Gasteiger partial charge < -0.3 is 24.1 Å². The van der Waals surface area contributed by atoms with Crippen molar-refractivity contribution in [1.29, 1.82) is 0 Å². The van der Waals surface area contributed by atoms with E-state index in [1.165, 1.54) is 203 Å². The van der Waals surface area contributed by atoms with Crippen molar-refractivity contribution in [3.63, 3.8) is 0 Å². The highest BCUT2D eigenvalue weighted by molar-refractivity contribution is 5.72. The van der Waals surface area contributed by atoms with Crippen molar-refractivity contribution in [1.82, 2.24) is 0 Å². The number of rotatable bonds is 24. The van der Waals surface area contributed by atoms with Crippen LogP contribution in [-0.4, -0.2) is 30.3 Å². The summed E-state index contributed by atoms with van der Waals surface area (Å²) in [4.78, 5) is 0. The second-order valence-corrected chi connectivity index (χ2v) is 43.8. The summed E-state index contributed by atoms with van der Waals surface area (Å²) in [5, 5.41) is 10.8. The van der Waals surface area contributed by atoms with Gasteiger partial charge in [0, 0.05) is 35.4 Å². The molecule has 0 aromatic heterocycles. The van der Waals surface area contributed by atoms with Gasteiger partial charge in [0.1, 0.15) is 51.8 Å². The molecule has 1 N–H and O–H groups in total. The molecule has 788 valence electrons. The summed E-state index contributed by atoms with van der Waals surface area (Å²) < 4.78 is 291. The topological polar surface area (TPSA) is 57.2 Å².